The molecule has 0 bridgehead atoms. The summed E-state index contributed by atoms with van der Waals surface area (Å²) < 4.78 is 0. The van der Waals surface area contributed by atoms with Crippen LogP contribution in [-0.4, -0.2) is 5.78 Å². The van der Waals surface area contributed by atoms with Gasteiger partial charge in [-0.1, -0.05) is 23.7 Å². The predicted molar refractivity (Wildman–Crippen MR) is 67.4 cm³/mol. The van der Waals surface area contributed by atoms with Crippen LogP contribution in [0.3, 0.4) is 0 Å². The van der Waals surface area contributed by atoms with Crippen LogP contribution in [0.25, 0.3) is 0 Å². The molecule has 4 heteroatoms. The first-order valence-electron chi connectivity index (χ1n) is 5.13. The average molecular weight is 249 g/mol. The number of carbonyl (C=O) groups excluding carboxylic acids is 1. The predicted octanol–water partition coefficient (Wildman–Crippen LogP) is 2.99. The van der Waals surface area contributed by atoms with Gasteiger partial charge in [0.2, 0.25) is 0 Å². The van der Waals surface area contributed by atoms with Crippen LogP contribution in [0.1, 0.15) is 25.5 Å². The van der Waals surface area contributed by atoms with Gasteiger partial charge in [-0.3, -0.25) is 4.79 Å². The number of halogens is 1. The fourth-order valence-corrected chi connectivity index (χ4v) is 1.55. The lowest BCUT2D eigenvalue weighted by Crippen LogP contribution is -2.18. The molecule has 1 aromatic carbocycles. The summed E-state index contributed by atoms with van der Waals surface area (Å²) in [6.45, 7) is 3.22. The number of hydrogen-bond donors (Lipinski definition) is 1. The number of allylic oxidation sites excluding steroid dienone is 2. The first-order valence-corrected chi connectivity index (χ1v) is 5.51. The number of nitriles is 1. The van der Waals surface area contributed by atoms with E-state index >= 15 is 0 Å². The van der Waals surface area contributed by atoms with Gasteiger partial charge in [-0.15, -0.1) is 0 Å². The highest BCUT2D eigenvalue weighted by Gasteiger charge is 2.09. The first kappa shape index (κ1) is 13.3. The lowest BCUT2D eigenvalue weighted by Gasteiger charge is -2.13. The number of carbonyl (C=O) groups is 1. The van der Waals surface area contributed by atoms with E-state index in [0.717, 1.165) is 5.56 Å². The molecule has 1 aromatic rings. The quantitative estimate of drug-likeness (QED) is 0.834. The normalized spacial score (nSPS) is 12.7. The van der Waals surface area contributed by atoms with Crippen LogP contribution < -0.4 is 5.32 Å². The summed E-state index contributed by atoms with van der Waals surface area (Å²) in [4.78, 5) is 10.9. The zero-order valence-corrected chi connectivity index (χ0v) is 10.5. The van der Waals surface area contributed by atoms with E-state index in [4.69, 9.17) is 16.9 Å². The Morgan fingerprint density at radius 3 is 2.47 bits per heavy atom. The lowest BCUT2D eigenvalue weighted by atomic mass is 10.1. The van der Waals surface area contributed by atoms with E-state index in [1.54, 1.807) is 31.2 Å². The summed E-state index contributed by atoms with van der Waals surface area (Å²) in [7, 11) is 0. The van der Waals surface area contributed by atoms with Crippen LogP contribution in [0.4, 0.5) is 0 Å². The van der Waals surface area contributed by atoms with Crippen molar-refractivity contribution in [1.29, 1.82) is 5.26 Å². The van der Waals surface area contributed by atoms with Gasteiger partial charge in [-0.25, -0.2) is 0 Å². The van der Waals surface area contributed by atoms with Crippen LogP contribution in [0.2, 0.25) is 5.02 Å². The molecule has 0 amide bonds. The van der Waals surface area contributed by atoms with E-state index in [2.05, 4.69) is 11.4 Å². The van der Waals surface area contributed by atoms with E-state index in [-0.39, 0.29) is 5.78 Å². The summed E-state index contributed by atoms with van der Waals surface area (Å²) in [6.07, 6.45) is 1.46. The van der Waals surface area contributed by atoms with E-state index < -0.39 is 6.04 Å². The van der Waals surface area contributed by atoms with Crippen molar-refractivity contribution in [2.24, 2.45) is 0 Å². The molecular formula is C13H13ClN2O. The fourth-order valence-electron chi connectivity index (χ4n) is 1.42. The molecule has 3 nitrogen and oxygen atoms in total. The number of rotatable bonds is 4. The van der Waals surface area contributed by atoms with Crippen molar-refractivity contribution in [3.05, 3.63) is 46.6 Å². The Balaban J connectivity index is 2.83. The number of hydrogen-bond acceptors (Lipinski definition) is 3. The van der Waals surface area contributed by atoms with Crippen LogP contribution in [0.15, 0.2) is 36.0 Å². The highest BCUT2D eigenvalue weighted by atomic mass is 35.5. The molecule has 0 saturated carbocycles. The molecule has 0 heterocycles. The molecule has 1 rings (SSSR count). The van der Waals surface area contributed by atoms with Crippen molar-refractivity contribution in [3.63, 3.8) is 0 Å². The van der Waals surface area contributed by atoms with E-state index in [0.29, 0.717) is 10.7 Å². The highest BCUT2D eigenvalue weighted by molar-refractivity contribution is 6.30. The Labute approximate surface area is 106 Å². The molecular weight excluding hydrogens is 236 g/mol. The maximum atomic E-state index is 10.9. The third-order valence-electron chi connectivity index (χ3n) is 2.12. The van der Waals surface area contributed by atoms with Gasteiger partial charge in [0.05, 0.1) is 6.07 Å². The second-order valence-corrected chi connectivity index (χ2v) is 4.13. The molecule has 88 valence electrons. The largest absolute Gasteiger partial charge is 0.370 e. The Bertz CT molecular complexity index is 471. The summed E-state index contributed by atoms with van der Waals surface area (Å²) in [5.41, 5.74) is 1.48. The standard InChI is InChI=1S/C13H13ClN2O/c1-9(7-10(2)17)16-13(8-15)11-3-5-12(14)6-4-11/h3-7,13,16H,1-2H3/b9-7-. The molecule has 0 aliphatic heterocycles. The summed E-state index contributed by atoms with van der Waals surface area (Å²) >= 11 is 5.77. The van der Waals surface area contributed by atoms with Gasteiger partial charge in [-0.2, -0.15) is 5.26 Å². The van der Waals surface area contributed by atoms with Gasteiger partial charge < -0.3 is 5.32 Å². The van der Waals surface area contributed by atoms with Gasteiger partial charge >= 0.3 is 0 Å². The van der Waals surface area contributed by atoms with Crippen LogP contribution >= 0.6 is 11.6 Å². The summed E-state index contributed by atoms with van der Waals surface area (Å²) in [5, 5.41) is 12.7. The molecule has 0 aliphatic rings. The molecule has 1 unspecified atom stereocenters. The van der Waals surface area contributed by atoms with Crippen molar-refractivity contribution in [3.8, 4) is 6.07 Å². The second kappa shape index (κ2) is 6.07. The third kappa shape index (κ3) is 4.29. The smallest absolute Gasteiger partial charge is 0.154 e. The number of nitrogens with zero attached hydrogens (tertiary/aromatic N) is 1. The minimum atomic E-state index is -0.483. The fraction of sp³-hybridized carbons (Fsp3) is 0.231. The second-order valence-electron chi connectivity index (χ2n) is 3.70. The van der Waals surface area contributed by atoms with Gasteiger partial charge in [0.1, 0.15) is 6.04 Å². The SMILES string of the molecule is CC(=O)/C=C(/C)NC(C#N)c1ccc(Cl)cc1. The minimum Gasteiger partial charge on any atom is -0.370 e. The van der Waals surface area contributed by atoms with Crippen LogP contribution in [-0.2, 0) is 4.79 Å². The van der Waals surface area contributed by atoms with Crippen molar-refractivity contribution >= 4 is 17.4 Å². The Morgan fingerprint density at radius 2 is 2.00 bits per heavy atom. The zero-order valence-electron chi connectivity index (χ0n) is 9.70. The average Bonchev–Trinajstić information content (AvgIpc) is 2.26. The molecule has 17 heavy (non-hydrogen) atoms. The highest BCUT2D eigenvalue weighted by Crippen LogP contribution is 2.16. The monoisotopic (exact) mass is 248 g/mol. The molecule has 0 aromatic heterocycles. The lowest BCUT2D eigenvalue weighted by molar-refractivity contribution is -0.112. The third-order valence-corrected chi connectivity index (χ3v) is 2.38. The Hall–Kier alpha value is -1.79. The van der Waals surface area contributed by atoms with Gasteiger partial charge in [0, 0.05) is 10.7 Å². The Kier molecular flexibility index (Phi) is 4.74. The molecule has 0 radical (unpaired) electrons. The van der Waals surface area contributed by atoms with Crippen molar-refractivity contribution in [2.75, 3.05) is 0 Å². The van der Waals surface area contributed by atoms with E-state index in [9.17, 15) is 4.79 Å². The first-order chi connectivity index (χ1) is 8.02. The van der Waals surface area contributed by atoms with Crippen LogP contribution in [0.5, 0.6) is 0 Å². The molecule has 1 atom stereocenters. The van der Waals surface area contributed by atoms with Gasteiger partial charge in [-0.05, 0) is 37.6 Å². The minimum absolute atomic E-state index is 0.0530. The van der Waals surface area contributed by atoms with Gasteiger partial charge in [0.15, 0.2) is 5.78 Å². The van der Waals surface area contributed by atoms with Gasteiger partial charge in [0.25, 0.3) is 0 Å². The maximum absolute atomic E-state index is 10.9. The number of ketones is 1. The zero-order chi connectivity index (χ0) is 12.8. The topological polar surface area (TPSA) is 52.9 Å². The van der Waals surface area contributed by atoms with E-state index in [1.807, 2.05) is 0 Å². The summed E-state index contributed by atoms with van der Waals surface area (Å²) in [5.74, 6) is -0.0530. The van der Waals surface area contributed by atoms with Crippen molar-refractivity contribution in [1.82, 2.24) is 5.32 Å². The molecule has 0 saturated heterocycles. The van der Waals surface area contributed by atoms with Crippen LogP contribution in [0, 0.1) is 11.3 Å². The number of nitrogens with one attached hydrogen (secondary N) is 1. The Morgan fingerprint density at radius 1 is 1.41 bits per heavy atom. The molecule has 0 spiro atoms. The number of benzene rings is 1. The van der Waals surface area contributed by atoms with Crippen molar-refractivity contribution in [2.45, 2.75) is 19.9 Å². The molecule has 0 fully saturated rings. The van der Waals surface area contributed by atoms with Crippen molar-refractivity contribution < 1.29 is 4.79 Å². The van der Waals surface area contributed by atoms with E-state index in [1.165, 1.54) is 13.0 Å². The maximum Gasteiger partial charge on any atom is 0.154 e. The molecule has 1 N–H and O–H groups in total. The molecule has 0 aliphatic carbocycles. The summed E-state index contributed by atoms with van der Waals surface area (Å²) in [6, 6.07) is 8.67.